The predicted octanol–water partition coefficient (Wildman–Crippen LogP) is -0.808. The Morgan fingerprint density at radius 2 is 2.23 bits per heavy atom. The lowest BCUT2D eigenvalue weighted by Gasteiger charge is -2.09. The van der Waals surface area contributed by atoms with Crippen molar-refractivity contribution in [1.82, 2.24) is 0 Å². The van der Waals surface area contributed by atoms with Crippen molar-refractivity contribution in [3.05, 3.63) is 24.6 Å². The molecule has 0 aromatic carbocycles. The van der Waals surface area contributed by atoms with Crippen molar-refractivity contribution in [2.24, 2.45) is 17.2 Å². The topological polar surface area (TPSA) is 104 Å². The molecule has 0 aromatic rings. The van der Waals surface area contributed by atoms with E-state index < -0.39 is 12.0 Å². The highest BCUT2D eigenvalue weighted by molar-refractivity contribution is 5.75. The molecular weight excluding hydrogens is 170 g/mol. The highest BCUT2D eigenvalue weighted by Gasteiger charge is 2.14. The van der Waals surface area contributed by atoms with E-state index in [9.17, 15) is 4.79 Å². The summed E-state index contributed by atoms with van der Waals surface area (Å²) in [6, 6.07) is -0.764. The maximum atomic E-state index is 11.0. The van der Waals surface area contributed by atoms with Crippen molar-refractivity contribution >= 4 is 5.97 Å². The van der Waals surface area contributed by atoms with Gasteiger partial charge in [0.2, 0.25) is 0 Å². The fourth-order valence-electron chi connectivity index (χ4n) is 0.653. The summed E-state index contributed by atoms with van der Waals surface area (Å²) in [7, 11) is 0. The standard InChI is InChI=1S/C8H15N3O2/c1-2-3-13-8(12)7(11)4-6(10)5-9/h2,5,7H,1,3-4,9-11H2. The van der Waals surface area contributed by atoms with E-state index in [1.807, 2.05) is 0 Å². The lowest BCUT2D eigenvalue weighted by molar-refractivity contribution is -0.143. The quantitative estimate of drug-likeness (QED) is 0.384. The van der Waals surface area contributed by atoms with Crippen molar-refractivity contribution in [1.29, 1.82) is 0 Å². The maximum absolute atomic E-state index is 11.0. The molecule has 1 unspecified atom stereocenters. The molecule has 0 aliphatic rings. The second kappa shape index (κ2) is 6.07. The van der Waals surface area contributed by atoms with Gasteiger partial charge in [-0.2, -0.15) is 0 Å². The van der Waals surface area contributed by atoms with Gasteiger partial charge in [0, 0.05) is 18.3 Å². The van der Waals surface area contributed by atoms with E-state index in [0.29, 0.717) is 5.70 Å². The third-order valence-electron chi connectivity index (χ3n) is 1.32. The number of rotatable bonds is 5. The van der Waals surface area contributed by atoms with Gasteiger partial charge < -0.3 is 21.9 Å². The van der Waals surface area contributed by atoms with Gasteiger partial charge in [-0.05, 0) is 0 Å². The highest BCUT2D eigenvalue weighted by Crippen LogP contribution is 1.97. The fourth-order valence-corrected chi connectivity index (χ4v) is 0.653. The van der Waals surface area contributed by atoms with Crippen molar-refractivity contribution in [2.45, 2.75) is 12.5 Å². The number of hydrogen-bond acceptors (Lipinski definition) is 5. The molecule has 0 aromatic heterocycles. The Labute approximate surface area is 77.2 Å². The Hall–Kier alpha value is -1.49. The number of carbonyl (C=O) groups excluding carboxylic acids is 1. The van der Waals surface area contributed by atoms with Crippen LogP contribution in [0, 0.1) is 0 Å². The van der Waals surface area contributed by atoms with Crippen molar-refractivity contribution < 1.29 is 9.53 Å². The van der Waals surface area contributed by atoms with Crippen molar-refractivity contribution in [3.8, 4) is 0 Å². The Morgan fingerprint density at radius 1 is 1.62 bits per heavy atom. The maximum Gasteiger partial charge on any atom is 0.323 e. The second-order valence-corrected chi connectivity index (χ2v) is 2.47. The SMILES string of the molecule is C=CCOC(=O)C(N)CC(N)=CN. The van der Waals surface area contributed by atoms with E-state index in [-0.39, 0.29) is 13.0 Å². The van der Waals surface area contributed by atoms with Crippen LogP contribution in [-0.2, 0) is 9.53 Å². The van der Waals surface area contributed by atoms with Gasteiger partial charge in [-0.15, -0.1) is 0 Å². The van der Waals surface area contributed by atoms with Gasteiger partial charge in [-0.3, -0.25) is 4.79 Å². The van der Waals surface area contributed by atoms with Crippen LogP contribution in [0.5, 0.6) is 0 Å². The van der Waals surface area contributed by atoms with Crippen LogP contribution < -0.4 is 17.2 Å². The Morgan fingerprint density at radius 3 is 2.69 bits per heavy atom. The summed E-state index contributed by atoms with van der Waals surface area (Å²) >= 11 is 0. The molecule has 0 bridgehead atoms. The first-order chi connectivity index (χ1) is 6.11. The van der Waals surface area contributed by atoms with Gasteiger partial charge in [0.25, 0.3) is 0 Å². The molecule has 0 fully saturated rings. The van der Waals surface area contributed by atoms with Crippen LogP contribution in [0.1, 0.15) is 6.42 Å². The summed E-state index contributed by atoms with van der Waals surface area (Å²) in [4.78, 5) is 11.0. The van der Waals surface area contributed by atoms with E-state index in [0.717, 1.165) is 0 Å². The number of nitrogens with two attached hydrogens (primary N) is 3. The lowest BCUT2D eigenvalue weighted by Crippen LogP contribution is -2.33. The van der Waals surface area contributed by atoms with Gasteiger partial charge in [-0.25, -0.2) is 0 Å². The third-order valence-corrected chi connectivity index (χ3v) is 1.32. The predicted molar refractivity (Wildman–Crippen MR) is 50.2 cm³/mol. The third kappa shape index (κ3) is 4.86. The second-order valence-electron chi connectivity index (χ2n) is 2.47. The van der Waals surface area contributed by atoms with Crippen LogP contribution in [-0.4, -0.2) is 18.6 Å². The summed E-state index contributed by atoms with van der Waals surface area (Å²) in [6.07, 6.45) is 2.87. The van der Waals surface area contributed by atoms with Crippen LogP contribution >= 0.6 is 0 Å². The van der Waals surface area contributed by atoms with Gasteiger partial charge >= 0.3 is 5.97 Å². The summed E-state index contributed by atoms with van der Waals surface area (Å²) in [5, 5.41) is 0. The number of ether oxygens (including phenoxy) is 1. The normalized spacial score (nSPS) is 13.5. The summed E-state index contributed by atoms with van der Waals surface area (Å²) < 4.78 is 4.69. The molecule has 0 aliphatic carbocycles. The molecule has 0 spiro atoms. The zero-order valence-electron chi connectivity index (χ0n) is 7.40. The first-order valence-electron chi connectivity index (χ1n) is 3.81. The first kappa shape index (κ1) is 11.5. The Balaban J connectivity index is 3.88. The van der Waals surface area contributed by atoms with Crippen molar-refractivity contribution in [2.75, 3.05) is 6.61 Å². The minimum Gasteiger partial charge on any atom is -0.460 e. The molecule has 0 aliphatic heterocycles. The molecule has 0 amide bonds. The van der Waals surface area contributed by atoms with Crippen LogP contribution in [0.15, 0.2) is 24.6 Å². The lowest BCUT2D eigenvalue weighted by atomic mass is 10.2. The Bertz CT molecular complexity index is 213. The molecule has 0 radical (unpaired) electrons. The van der Waals surface area contributed by atoms with E-state index >= 15 is 0 Å². The minimum atomic E-state index is -0.764. The van der Waals surface area contributed by atoms with E-state index in [2.05, 4.69) is 6.58 Å². The fraction of sp³-hybridized carbons (Fsp3) is 0.375. The van der Waals surface area contributed by atoms with Gasteiger partial charge in [0.05, 0.1) is 0 Å². The number of hydrogen-bond donors (Lipinski definition) is 3. The van der Waals surface area contributed by atoms with Gasteiger partial charge in [0.1, 0.15) is 12.6 Å². The van der Waals surface area contributed by atoms with Crippen LogP contribution in [0.3, 0.4) is 0 Å². The zero-order valence-corrected chi connectivity index (χ0v) is 7.40. The van der Waals surface area contributed by atoms with Crippen LogP contribution in [0.25, 0.3) is 0 Å². The first-order valence-corrected chi connectivity index (χ1v) is 3.81. The summed E-state index contributed by atoms with van der Waals surface area (Å²) in [5.41, 5.74) is 16.3. The molecule has 0 rings (SSSR count). The average molecular weight is 185 g/mol. The zero-order chi connectivity index (χ0) is 10.3. The molecule has 5 nitrogen and oxygen atoms in total. The minimum absolute atomic E-state index is 0.152. The molecule has 74 valence electrons. The molecular formula is C8H15N3O2. The molecule has 1 atom stereocenters. The number of carbonyl (C=O) groups is 1. The summed E-state index contributed by atoms with van der Waals surface area (Å²) in [6.45, 7) is 3.55. The van der Waals surface area contributed by atoms with Gasteiger partial charge in [-0.1, -0.05) is 12.7 Å². The molecule has 6 N–H and O–H groups in total. The number of esters is 1. The van der Waals surface area contributed by atoms with Crippen molar-refractivity contribution in [3.63, 3.8) is 0 Å². The Kier molecular flexibility index (Phi) is 5.38. The van der Waals surface area contributed by atoms with E-state index in [1.54, 1.807) is 0 Å². The monoisotopic (exact) mass is 185 g/mol. The van der Waals surface area contributed by atoms with E-state index in [4.69, 9.17) is 21.9 Å². The van der Waals surface area contributed by atoms with E-state index in [1.165, 1.54) is 12.3 Å². The molecule has 0 saturated carbocycles. The van der Waals surface area contributed by atoms with Gasteiger partial charge in [0.15, 0.2) is 0 Å². The summed E-state index contributed by atoms with van der Waals surface area (Å²) in [5.74, 6) is -0.510. The highest BCUT2D eigenvalue weighted by atomic mass is 16.5. The largest absolute Gasteiger partial charge is 0.460 e. The van der Waals surface area contributed by atoms with Crippen LogP contribution in [0.2, 0.25) is 0 Å². The smallest absolute Gasteiger partial charge is 0.323 e. The molecule has 0 saturated heterocycles. The molecule has 13 heavy (non-hydrogen) atoms. The molecule has 5 heteroatoms. The average Bonchev–Trinajstić information content (AvgIpc) is 2.13. The van der Waals surface area contributed by atoms with Crippen LogP contribution in [0.4, 0.5) is 0 Å². The molecule has 0 heterocycles.